The van der Waals surface area contributed by atoms with Crippen LogP contribution < -0.4 is 10.1 Å². The fourth-order valence-electron chi connectivity index (χ4n) is 1.69. The van der Waals surface area contributed by atoms with E-state index in [0.29, 0.717) is 16.5 Å². The molecule has 1 aromatic rings. The minimum absolute atomic E-state index is 0.181. The highest BCUT2D eigenvalue weighted by Crippen LogP contribution is 2.21. The number of aliphatic hydroxyl groups is 1. The van der Waals surface area contributed by atoms with Gasteiger partial charge in [0.15, 0.2) is 5.60 Å². The van der Waals surface area contributed by atoms with Crippen LogP contribution in [-0.2, 0) is 4.79 Å². The average molecular weight is 332 g/mol. The molecule has 0 radical (unpaired) electrons. The van der Waals surface area contributed by atoms with E-state index >= 15 is 0 Å². The van der Waals surface area contributed by atoms with E-state index in [-0.39, 0.29) is 12.5 Å². The van der Waals surface area contributed by atoms with Crippen molar-refractivity contribution < 1.29 is 14.6 Å². The molecule has 1 atom stereocenters. The molecule has 0 heterocycles. The second kappa shape index (κ2) is 7.38. The van der Waals surface area contributed by atoms with Crippen molar-refractivity contribution in [2.75, 3.05) is 18.6 Å². The van der Waals surface area contributed by atoms with Gasteiger partial charge < -0.3 is 15.2 Å². The number of carbonyl (C=O) groups excluding carboxylic acids is 1. The van der Waals surface area contributed by atoms with Crippen LogP contribution in [0.5, 0.6) is 5.75 Å². The standard InChI is InChI=1S/C15H22ClNO3S/c1-14(2,20-12-7-5-11(16)6-8-12)13(18)17-9-15(3,19)10-21-4/h5-8,19H,9-10H2,1-4H3,(H,17,18). The predicted molar refractivity (Wildman–Crippen MR) is 88.2 cm³/mol. The van der Waals surface area contributed by atoms with E-state index in [1.807, 2.05) is 6.26 Å². The summed E-state index contributed by atoms with van der Waals surface area (Å²) in [6.45, 7) is 5.23. The Bertz CT molecular complexity index is 474. The van der Waals surface area contributed by atoms with Crippen molar-refractivity contribution in [3.8, 4) is 5.75 Å². The van der Waals surface area contributed by atoms with Crippen LogP contribution in [0.3, 0.4) is 0 Å². The molecule has 1 rings (SSSR count). The Kier molecular flexibility index (Phi) is 6.38. The zero-order valence-corrected chi connectivity index (χ0v) is 14.3. The number of carbonyl (C=O) groups is 1. The van der Waals surface area contributed by atoms with Gasteiger partial charge in [-0.2, -0.15) is 11.8 Å². The van der Waals surface area contributed by atoms with E-state index in [4.69, 9.17) is 16.3 Å². The van der Waals surface area contributed by atoms with Crippen LogP contribution in [0.1, 0.15) is 20.8 Å². The van der Waals surface area contributed by atoms with Gasteiger partial charge in [0, 0.05) is 17.3 Å². The fraction of sp³-hybridized carbons (Fsp3) is 0.533. The lowest BCUT2D eigenvalue weighted by Gasteiger charge is -2.28. The van der Waals surface area contributed by atoms with Crippen LogP contribution in [-0.4, -0.2) is 40.8 Å². The Morgan fingerprint density at radius 1 is 1.33 bits per heavy atom. The first-order chi connectivity index (χ1) is 9.66. The van der Waals surface area contributed by atoms with Gasteiger partial charge in [-0.3, -0.25) is 4.79 Å². The van der Waals surface area contributed by atoms with Crippen molar-refractivity contribution in [2.24, 2.45) is 0 Å². The summed E-state index contributed by atoms with van der Waals surface area (Å²) >= 11 is 7.34. The number of thioether (sulfide) groups is 1. The third-order valence-electron chi connectivity index (χ3n) is 2.82. The molecule has 0 spiro atoms. The molecular formula is C15H22ClNO3S. The molecule has 21 heavy (non-hydrogen) atoms. The molecule has 0 saturated heterocycles. The van der Waals surface area contributed by atoms with E-state index in [1.165, 1.54) is 11.8 Å². The van der Waals surface area contributed by atoms with Gasteiger partial charge >= 0.3 is 0 Å². The molecule has 0 saturated carbocycles. The van der Waals surface area contributed by atoms with Crippen LogP contribution in [0.4, 0.5) is 0 Å². The van der Waals surface area contributed by atoms with Gasteiger partial charge in [-0.05, 0) is 51.3 Å². The van der Waals surface area contributed by atoms with Crippen LogP contribution in [0.25, 0.3) is 0 Å². The Balaban J connectivity index is 2.60. The molecule has 1 amide bonds. The SMILES string of the molecule is CSCC(C)(O)CNC(=O)C(C)(C)Oc1ccc(Cl)cc1. The van der Waals surface area contributed by atoms with Gasteiger partial charge in [0.2, 0.25) is 0 Å². The van der Waals surface area contributed by atoms with Gasteiger partial charge in [0.25, 0.3) is 5.91 Å². The van der Waals surface area contributed by atoms with Crippen LogP contribution in [0.15, 0.2) is 24.3 Å². The molecule has 0 aromatic heterocycles. The largest absolute Gasteiger partial charge is 0.478 e. The summed E-state index contributed by atoms with van der Waals surface area (Å²) in [5.74, 6) is 0.834. The van der Waals surface area contributed by atoms with E-state index in [9.17, 15) is 9.90 Å². The topological polar surface area (TPSA) is 58.6 Å². The Hall–Kier alpha value is -0.910. The molecular weight excluding hydrogens is 310 g/mol. The quantitative estimate of drug-likeness (QED) is 0.806. The lowest BCUT2D eigenvalue weighted by molar-refractivity contribution is -0.135. The summed E-state index contributed by atoms with van der Waals surface area (Å²) in [5, 5.41) is 13.4. The maximum atomic E-state index is 12.2. The van der Waals surface area contributed by atoms with E-state index in [2.05, 4.69) is 5.32 Å². The van der Waals surface area contributed by atoms with Crippen molar-refractivity contribution >= 4 is 29.3 Å². The van der Waals surface area contributed by atoms with E-state index < -0.39 is 11.2 Å². The third kappa shape index (κ3) is 6.16. The van der Waals surface area contributed by atoms with Crippen LogP contribution >= 0.6 is 23.4 Å². The Morgan fingerprint density at radius 2 is 1.90 bits per heavy atom. The summed E-state index contributed by atoms with van der Waals surface area (Å²) in [6, 6.07) is 6.82. The molecule has 2 N–H and O–H groups in total. The normalized spacial score (nSPS) is 14.4. The molecule has 0 aliphatic carbocycles. The molecule has 0 aliphatic rings. The highest BCUT2D eigenvalue weighted by atomic mass is 35.5. The third-order valence-corrected chi connectivity index (χ3v) is 3.98. The predicted octanol–water partition coefficient (Wildman–Crippen LogP) is 2.73. The second-order valence-electron chi connectivity index (χ2n) is 5.68. The summed E-state index contributed by atoms with van der Waals surface area (Å²) in [5.41, 5.74) is -1.98. The first kappa shape index (κ1) is 18.1. The van der Waals surface area contributed by atoms with Gasteiger partial charge in [-0.15, -0.1) is 0 Å². The van der Waals surface area contributed by atoms with Crippen molar-refractivity contribution in [1.29, 1.82) is 0 Å². The number of hydrogen-bond donors (Lipinski definition) is 2. The first-order valence-corrected chi connectivity index (χ1v) is 8.38. The number of hydrogen-bond acceptors (Lipinski definition) is 4. The zero-order valence-electron chi connectivity index (χ0n) is 12.8. The van der Waals surface area contributed by atoms with Crippen molar-refractivity contribution in [3.63, 3.8) is 0 Å². The molecule has 0 aliphatic heterocycles. The summed E-state index contributed by atoms with van der Waals surface area (Å²) in [7, 11) is 0. The Morgan fingerprint density at radius 3 is 2.43 bits per heavy atom. The number of rotatable bonds is 7. The monoisotopic (exact) mass is 331 g/mol. The maximum absolute atomic E-state index is 12.2. The van der Waals surface area contributed by atoms with E-state index in [0.717, 1.165) is 0 Å². The molecule has 0 bridgehead atoms. The van der Waals surface area contributed by atoms with Gasteiger partial charge in [-0.1, -0.05) is 11.6 Å². The average Bonchev–Trinajstić information content (AvgIpc) is 2.38. The minimum Gasteiger partial charge on any atom is -0.478 e. The number of nitrogens with one attached hydrogen (secondary N) is 1. The highest BCUT2D eigenvalue weighted by Gasteiger charge is 2.31. The molecule has 118 valence electrons. The second-order valence-corrected chi connectivity index (χ2v) is 6.98. The van der Waals surface area contributed by atoms with Gasteiger partial charge in [-0.25, -0.2) is 0 Å². The molecule has 6 heteroatoms. The van der Waals surface area contributed by atoms with E-state index in [1.54, 1.807) is 45.0 Å². The van der Waals surface area contributed by atoms with Gasteiger partial charge in [0.1, 0.15) is 5.75 Å². The number of benzene rings is 1. The smallest absolute Gasteiger partial charge is 0.263 e. The number of halogens is 1. The van der Waals surface area contributed by atoms with Crippen molar-refractivity contribution in [1.82, 2.24) is 5.32 Å². The molecule has 0 fully saturated rings. The zero-order chi connectivity index (χ0) is 16.1. The van der Waals surface area contributed by atoms with Crippen LogP contribution in [0, 0.1) is 0 Å². The van der Waals surface area contributed by atoms with Crippen molar-refractivity contribution in [2.45, 2.75) is 32.0 Å². The van der Waals surface area contributed by atoms with Gasteiger partial charge in [0.05, 0.1) is 5.60 Å². The van der Waals surface area contributed by atoms with Crippen LogP contribution in [0.2, 0.25) is 5.02 Å². The highest BCUT2D eigenvalue weighted by molar-refractivity contribution is 7.98. The summed E-state index contributed by atoms with van der Waals surface area (Å²) in [6.07, 6.45) is 1.91. The molecule has 1 unspecified atom stereocenters. The number of ether oxygens (including phenoxy) is 1. The number of amides is 1. The molecule has 1 aromatic carbocycles. The lowest BCUT2D eigenvalue weighted by atomic mass is 10.1. The van der Waals surface area contributed by atoms with Crippen molar-refractivity contribution in [3.05, 3.63) is 29.3 Å². The lowest BCUT2D eigenvalue weighted by Crippen LogP contribution is -2.51. The summed E-state index contributed by atoms with van der Waals surface area (Å²) in [4.78, 5) is 12.2. The maximum Gasteiger partial charge on any atom is 0.263 e. The first-order valence-electron chi connectivity index (χ1n) is 6.60. The fourth-order valence-corrected chi connectivity index (χ4v) is 2.54. The summed E-state index contributed by atoms with van der Waals surface area (Å²) < 4.78 is 5.69. The molecule has 4 nitrogen and oxygen atoms in total. The minimum atomic E-state index is -1.04. The Labute approximate surface area is 135 Å².